The Kier molecular flexibility index (Phi) is 4.15. The number of amides is 1. The standard InChI is InChI=1S/C14H17N3O3S/c1-10-4-6-11(7-5-10)16-14(18)13-8-12(9-17(13)3)21(19,20)15-2/h4-9,15H,1-3H3,(H,16,18). The Bertz CT molecular complexity index is 761. The van der Waals surface area contributed by atoms with E-state index in [4.69, 9.17) is 0 Å². The van der Waals surface area contributed by atoms with E-state index in [1.54, 1.807) is 19.2 Å². The zero-order chi connectivity index (χ0) is 15.6. The largest absolute Gasteiger partial charge is 0.345 e. The summed E-state index contributed by atoms with van der Waals surface area (Å²) < 4.78 is 27.2. The number of rotatable bonds is 4. The molecule has 0 radical (unpaired) electrons. The van der Waals surface area contributed by atoms with Crippen molar-refractivity contribution in [1.82, 2.24) is 9.29 Å². The van der Waals surface area contributed by atoms with Crippen molar-refractivity contribution >= 4 is 21.6 Å². The molecule has 1 aromatic heterocycles. The second-order valence-electron chi connectivity index (χ2n) is 4.70. The van der Waals surface area contributed by atoms with Gasteiger partial charge in [-0.3, -0.25) is 4.79 Å². The summed E-state index contributed by atoms with van der Waals surface area (Å²) in [6.07, 6.45) is 1.40. The molecule has 0 bridgehead atoms. The Hall–Kier alpha value is -2.12. The van der Waals surface area contributed by atoms with E-state index in [9.17, 15) is 13.2 Å². The quantitative estimate of drug-likeness (QED) is 0.898. The first-order valence-corrected chi connectivity index (χ1v) is 7.80. The maximum absolute atomic E-state index is 12.2. The molecule has 2 rings (SSSR count). The molecule has 7 heteroatoms. The number of anilines is 1. The zero-order valence-corrected chi connectivity index (χ0v) is 12.9. The van der Waals surface area contributed by atoms with Gasteiger partial charge in [-0.2, -0.15) is 0 Å². The average Bonchev–Trinajstić information content (AvgIpc) is 2.84. The van der Waals surface area contributed by atoms with Crippen LogP contribution in [0, 0.1) is 6.92 Å². The lowest BCUT2D eigenvalue weighted by Gasteiger charge is -2.06. The minimum Gasteiger partial charge on any atom is -0.345 e. The molecule has 0 atom stereocenters. The fourth-order valence-electron chi connectivity index (χ4n) is 1.86. The number of aromatic nitrogens is 1. The van der Waals surface area contributed by atoms with Crippen molar-refractivity contribution in [2.75, 3.05) is 12.4 Å². The molecule has 0 saturated heterocycles. The summed E-state index contributed by atoms with van der Waals surface area (Å²) in [5, 5.41) is 2.73. The van der Waals surface area contributed by atoms with Crippen molar-refractivity contribution in [3.05, 3.63) is 47.8 Å². The number of carbonyl (C=O) groups is 1. The molecule has 0 aliphatic carbocycles. The molecule has 0 fully saturated rings. The third-order valence-electron chi connectivity index (χ3n) is 3.10. The lowest BCUT2D eigenvalue weighted by Crippen LogP contribution is -2.18. The fourth-order valence-corrected chi connectivity index (χ4v) is 2.66. The number of hydrogen-bond donors (Lipinski definition) is 2. The number of carbonyl (C=O) groups excluding carboxylic acids is 1. The highest BCUT2D eigenvalue weighted by molar-refractivity contribution is 7.89. The normalized spacial score (nSPS) is 11.4. The van der Waals surface area contributed by atoms with Crippen LogP contribution >= 0.6 is 0 Å². The molecule has 2 aromatic rings. The Morgan fingerprint density at radius 2 is 1.81 bits per heavy atom. The van der Waals surface area contributed by atoms with Gasteiger partial charge < -0.3 is 9.88 Å². The minimum absolute atomic E-state index is 0.0570. The lowest BCUT2D eigenvalue weighted by atomic mass is 10.2. The van der Waals surface area contributed by atoms with E-state index in [0.29, 0.717) is 5.69 Å². The van der Waals surface area contributed by atoms with Crippen LogP contribution in [-0.2, 0) is 17.1 Å². The third kappa shape index (κ3) is 3.32. The Morgan fingerprint density at radius 3 is 2.38 bits per heavy atom. The highest BCUT2D eigenvalue weighted by atomic mass is 32.2. The smallest absolute Gasteiger partial charge is 0.272 e. The summed E-state index contributed by atoms with van der Waals surface area (Å²) in [6.45, 7) is 1.96. The van der Waals surface area contributed by atoms with Crippen molar-refractivity contribution in [2.45, 2.75) is 11.8 Å². The summed E-state index contributed by atoms with van der Waals surface area (Å²) in [5.74, 6) is -0.362. The average molecular weight is 307 g/mol. The van der Waals surface area contributed by atoms with Crippen molar-refractivity contribution in [1.29, 1.82) is 0 Å². The number of sulfonamides is 1. The van der Waals surface area contributed by atoms with Crippen molar-refractivity contribution in [2.24, 2.45) is 7.05 Å². The van der Waals surface area contributed by atoms with E-state index in [0.717, 1.165) is 5.56 Å². The first-order valence-electron chi connectivity index (χ1n) is 6.31. The maximum Gasteiger partial charge on any atom is 0.272 e. The highest BCUT2D eigenvalue weighted by Crippen LogP contribution is 2.15. The number of nitrogens with zero attached hydrogens (tertiary/aromatic N) is 1. The number of hydrogen-bond acceptors (Lipinski definition) is 3. The summed E-state index contributed by atoms with van der Waals surface area (Å²) in [5.41, 5.74) is 2.02. The van der Waals surface area contributed by atoms with Gasteiger partial charge in [-0.05, 0) is 32.2 Å². The molecule has 0 aliphatic heterocycles. The van der Waals surface area contributed by atoms with Gasteiger partial charge in [-0.15, -0.1) is 0 Å². The van der Waals surface area contributed by atoms with Crippen LogP contribution in [-0.4, -0.2) is 25.9 Å². The predicted molar refractivity (Wildman–Crippen MR) is 80.8 cm³/mol. The van der Waals surface area contributed by atoms with Crippen LogP contribution in [0.15, 0.2) is 41.4 Å². The van der Waals surface area contributed by atoms with Gasteiger partial charge in [0, 0.05) is 18.9 Å². The molecule has 1 heterocycles. The molecule has 0 aliphatic rings. The molecule has 0 spiro atoms. The van der Waals surface area contributed by atoms with Crippen LogP contribution in [0.3, 0.4) is 0 Å². The van der Waals surface area contributed by atoms with Crippen LogP contribution in [0.4, 0.5) is 5.69 Å². The zero-order valence-electron chi connectivity index (χ0n) is 12.0. The molecule has 2 N–H and O–H groups in total. The third-order valence-corrected chi connectivity index (χ3v) is 4.48. The van der Waals surface area contributed by atoms with Crippen LogP contribution in [0.2, 0.25) is 0 Å². The Morgan fingerprint density at radius 1 is 1.19 bits per heavy atom. The van der Waals surface area contributed by atoms with Gasteiger partial charge in [0.15, 0.2) is 0 Å². The molecule has 112 valence electrons. The molecule has 6 nitrogen and oxygen atoms in total. The van der Waals surface area contributed by atoms with E-state index < -0.39 is 10.0 Å². The van der Waals surface area contributed by atoms with Crippen LogP contribution in [0.1, 0.15) is 16.1 Å². The Labute approximate surface area is 123 Å². The molecule has 21 heavy (non-hydrogen) atoms. The van der Waals surface area contributed by atoms with Crippen LogP contribution in [0.5, 0.6) is 0 Å². The van der Waals surface area contributed by atoms with E-state index in [1.165, 1.54) is 23.9 Å². The summed E-state index contributed by atoms with van der Waals surface area (Å²) in [6, 6.07) is 8.70. The molecule has 0 unspecified atom stereocenters. The molecular weight excluding hydrogens is 290 g/mol. The van der Waals surface area contributed by atoms with Gasteiger partial charge in [0.25, 0.3) is 5.91 Å². The highest BCUT2D eigenvalue weighted by Gasteiger charge is 2.19. The predicted octanol–water partition coefficient (Wildman–Crippen LogP) is 1.49. The van der Waals surface area contributed by atoms with E-state index in [2.05, 4.69) is 10.0 Å². The fraction of sp³-hybridized carbons (Fsp3) is 0.214. The molecule has 1 amide bonds. The number of benzene rings is 1. The summed E-state index contributed by atoms with van der Waals surface area (Å²) >= 11 is 0. The van der Waals surface area contributed by atoms with Crippen molar-refractivity contribution in [3.8, 4) is 0 Å². The summed E-state index contributed by atoms with van der Waals surface area (Å²) in [7, 11) is -0.611. The van der Waals surface area contributed by atoms with Gasteiger partial charge in [0.1, 0.15) is 10.6 Å². The van der Waals surface area contributed by atoms with Gasteiger partial charge >= 0.3 is 0 Å². The monoisotopic (exact) mass is 307 g/mol. The molecule has 1 aromatic carbocycles. The lowest BCUT2D eigenvalue weighted by molar-refractivity contribution is 0.101. The Balaban J connectivity index is 2.26. The van der Waals surface area contributed by atoms with E-state index in [-0.39, 0.29) is 16.5 Å². The molecule has 0 saturated carbocycles. The van der Waals surface area contributed by atoms with Gasteiger partial charge in [0.05, 0.1) is 0 Å². The topological polar surface area (TPSA) is 80.2 Å². The van der Waals surface area contributed by atoms with E-state index >= 15 is 0 Å². The maximum atomic E-state index is 12.2. The summed E-state index contributed by atoms with van der Waals surface area (Å²) in [4.78, 5) is 12.3. The van der Waals surface area contributed by atoms with E-state index in [1.807, 2.05) is 19.1 Å². The first-order chi connectivity index (χ1) is 9.83. The van der Waals surface area contributed by atoms with Gasteiger partial charge in [-0.25, -0.2) is 13.1 Å². The minimum atomic E-state index is -3.56. The second-order valence-corrected chi connectivity index (χ2v) is 6.59. The van der Waals surface area contributed by atoms with Crippen LogP contribution in [0.25, 0.3) is 0 Å². The van der Waals surface area contributed by atoms with Crippen LogP contribution < -0.4 is 10.0 Å². The van der Waals surface area contributed by atoms with Crippen molar-refractivity contribution < 1.29 is 13.2 Å². The van der Waals surface area contributed by atoms with Crippen molar-refractivity contribution in [3.63, 3.8) is 0 Å². The number of aryl methyl sites for hydroxylation is 2. The first kappa shape index (κ1) is 15.3. The molecular formula is C14H17N3O3S. The van der Waals surface area contributed by atoms with Gasteiger partial charge in [0.2, 0.25) is 10.0 Å². The SMILES string of the molecule is CNS(=O)(=O)c1cc(C(=O)Nc2ccc(C)cc2)n(C)c1. The van der Waals surface area contributed by atoms with Gasteiger partial charge in [-0.1, -0.05) is 17.7 Å². The second kappa shape index (κ2) is 5.71. The number of nitrogens with one attached hydrogen (secondary N) is 2.